The maximum absolute atomic E-state index is 12.0. The summed E-state index contributed by atoms with van der Waals surface area (Å²) >= 11 is 1.54. The van der Waals surface area contributed by atoms with Crippen molar-refractivity contribution >= 4 is 28.2 Å². The molecule has 0 spiro atoms. The zero-order chi connectivity index (χ0) is 16.0. The number of carbonyl (C=O) groups excluding carboxylic acids is 1. The summed E-state index contributed by atoms with van der Waals surface area (Å²) in [5, 5.41) is 6.62. The highest BCUT2D eigenvalue weighted by Crippen LogP contribution is 2.48. The Kier molecular flexibility index (Phi) is 3.26. The number of nitrogens with one attached hydrogen (secondary N) is 2. The molecular formula is C15H15N3O4S. The van der Waals surface area contributed by atoms with Crippen molar-refractivity contribution in [3.8, 4) is 17.2 Å². The molecule has 2 aromatic rings. The number of hydrogen-bond acceptors (Lipinski definition) is 7. The van der Waals surface area contributed by atoms with Gasteiger partial charge >= 0.3 is 0 Å². The first kappa shape index (κ1) is 14.1. The van der Waals surface area contributed by atoms with E-state index in [-0.39, 0.29) is 18.6 Å². The van der Waals surface area contributed by atoms with Gasteiger partial charge in [-0.15, -0.1) is 0 Å². The van der Waals surface area contributed by atoms with E-state index in [0.29, 0.717) is 29.5 Å². The van der Waals surface area contributed by atoms with Crippen LogP contribution in [0.2, 0.25) is 0 Å². The van der Waals surface area contributed by atoms with Crippen LogP contribution in [-0.4, -0.2) is 31.8 Å². The fourth-order valence-electron chi connectivity index (χ4n) is 2.85. The van der Waals surface area contributed by atoms with Gasteiger partial charge in [-0.2, -0.15) is 0 Å². The van der Waals surface area contributed by atoms with Crippen molar-refractivity contribution in [2.24, 2.45) is 0 Å². The second-order valence-electron chi connectivity index (χ2n) is 5.24. The lowest BCUT2D eigenvalue weighted by Gasteiger charge is -2.22. The fraction of sp³-hybridized carbons (Fsp3) is 0.333. The minimum absolute atomic E-state index is 0.0490. The third-order valence-corrected chi connectivity index (χ3v) is 5.10. The van der Waals surface area contributed by atoms with Gasteiger partial charge in [0.2, 0.25) is 18.4 Å². The van der Waals surface area contributed by atoms with Gasteiger partial charge in [0.1, 0.15) is 5.82 Å². The molecule has 0 aliphatic carbocycles. The highest BCUT2D eigenvalue weighted by Gasteiger charge is 2.32. The van der Waals surface area contributed by atoms with Crippen molar-refractivity contribution in [2.45, 2.75) is 12.3 Å². The molecule has 1 atom stereocenters. The van der Waals surface area contributed by atoms with Gasteiger partial charge in [0.15, 0.2) is 16.6 Å². The second kappa shape index (κ2) is 5.31. The first-order valence-electron chi connectivity index (χ1n) is 7.15. The Bertz CT molecular complexity index is 789. The molecule has 1 amide bonds. The number of hydrogen-bond donors (Lipinski definition) is 2. The normalized spacial score (nSPS) is 18.3. The van der Waals surface area contributed by atoms with Crippen molar-refractivity contribution < 1.29 is 19.0 Å². The Morgan fingerprint density at radius 3 is 3.09 bits per heavy atom. The van der Waals surface area contributed by atoms with E-state index in [9.17, 15) is 4.79 Å². The monoisotopic (exact) mass is 333 g/mol. The van der Waals surface area contributed by atoms with E-state index >= 15 is 0 Å². The number of nitrogens with zero attached hydrogens (tertiary/aromatic N) is 1. The molecule has 2 N–H and O–H groups in total. The molecular weight excluding hydrogens is 318 g/mol. The summed E-state index contributed by atoms with van der Waals surface area (Å²) in [4.78, 5) is 17.5. The van der Waals surface area contributed by atoms with Crippen LogP contribution in [-0.2, 0) is 4.79 Å². The van der Waals surface area contributed by atoms with Crippen molar-refractivity contribution in [3.63, 3.8) is 0 Å². The summed E-state index contributed by atoms with van der Waals surface area (Å²) < 4.78 is 16.3. The number of carbonyl (C=O) groups is 1. The number of rotatable bonds is 3. The van der Waals surface area contributed by atoms with Crippen LogP contribution >= 0.6 is 11.3 Å². The smallest absolute Gasteiger partial charge is 0.231 e. The molecule has 23 heavy (non-hydrogen) atoms. The van der Waals surface area contributed by atoms with E-state index in [1.807, 2.05) is 19.2 Å². The van der Waals surface area contributed by atoms with Crippen LogP contribution in [0.25, 0.3) is 0 Å². The van der Waals surface area contributed by atoms with Gasteiger partial charge in [-0.25, -0.2) is 4.98 Å². The molecule has 2 aliphatic rings. The van der Waals surface area contributed by atoms with E-state index in [1.165, 1.54) is 11.3 Å². The zero-order valence-corrected chi connectivity index (χ0v) is 13.5. The van der Waals surface area contributed by atoms with E-state index in [0.717, 1.165) is 15.6 Å². The highest BCUT2D eigenvalue weighted by atomic mass is 32.1. The standard InChI is InChI=1S/C15H15N3O4S/c1-16-15-18-14-13(23-15)8(5-11(19)17-14)7-3-9(20-2)12-10(4-7)21-6-22-12/h3-4,8H,5-6H2,1-2H3,(H,16,18)(H,17,19)/t8-/m0/s1. The van der Waals surface area contributed by atoms with Crippen molar-refractivity contribution in [1.82, 2.24) is 4.98 Å². The molecule has 0 fully saturated rings. The Morgan fingerprint density at radius 2 is 2.30 bits per heavy atom. The van der Waals surface area contributed by atoms with Gasteiger partial charge in [-0.05, 0) is 17.7 Å². The summed E-state index contributed by atoms with van der Waals surface area (Å²) in [6, 6.07) is 3.82. The lowest BCUT2D eigenvalue weighted by atomic mass is 9.91. The minimum Gasteiger partial charge on any atom is -0.493 e. The average molecular weight is 333 g/mol. The van der Waals surface area contributed by atoms with Crippen LogP contribution in [0.5, 0.6) is 17.2 Å². The number of anilines is 2. The third kappa shape index (κ3) is 2.26. The fourth-order valence-corrected chi connectivity index (χ4v) is 3.85. The molecule has 1 aromatic carbocycles. The van der Waals surface area contributed by atoms with Gasteiger partial charge in [0.25, 0.3) is 0 Å². The molecule has 3 heterocycles. The number of fused-ring (bicyclic) bond motifs is 2. The first-order valence-corrected chi connectivity index (χ1v) is 7.97. The molecule has 4 rings (SSSR count). The number of ether oxygens (including phenoxy) is 3. The number of methoxy groups -OCH3 is 1. The van der Waals surface area contributed by atoms with Crippen molar-refractivity contribution in [2.75, 3.05) is 31.6 Å². The lowest BCUT2D eigenvalue weighted by molar-refractivity contribution is -0.116. The second-order valence-corrected chi connectivity index (χ2v) is 6.27. The highest BCUT2D eigenvalue weighted by molar-refractivity contribution is 7.16. The molecule has 7 nitrogen and oxygen atoms in total. The number of aromatic nitrogens is 1. The maximum Gasteiger partial charge on any atom is 0.231 e. The van der Waals surface area contributed by atoms with Gasteiger partial charge in [0.05, 0.1) is 12.0 Å². The average Bonchev–Trinajstić information content (AvgIpc) is 3.18. The molecule has 120 valence electrons. The van der Waals surface area contributed by atoms with Gasteiger partial charge in [-0.3, -0.25) is 4.79 Å². The summed E-state index contributed by atoms with van der Waals surface area (Å²) in [6.45, 7) is 0.177. The number of thiazole rings is 1. The molecule has 0 unspecified atom stereocenters. The largest absolute Gasteiger partial charge is 0.493 e. The van der Waals surface area contributed by atoms with E-state index in [2.05, 4.69) is 15.6 Å². The lowest BCUT2D eigenvalue weighted by Crippen LogP contribution is -2.22. The van der Waals surface area contributed by atoms with Crippen LogP contribution in [0.1, 0.15) is 22.8 Å². The van der Waals surface area contributed by atoms with Crippen LogP contribution in [0.3, 0.4) is 0 Å². The Balaban J connectivity index is 1.82. The Labute approximate surface area is 136 Å². The number of amides is 1. The molecule has 0 radical (unpaired) electrons. The van der Waals surface area contributed by atoms with E-state index in [4.69, 9.17) is 14.2 Å². The first-order chi connectivity index (χ1) is 11.2. The SMILES string of the molecule is CNc1nc2c(s1)[C@H](c1cc(OC)c3c(c1)OCO3)CC(=O)N2. The minimum atomic E-state index is -0.0817. The van der Waals surface area contributed by atoms with Crippen LogP contribution < -0.4 is 24.8 Å². The number of benzene rings is 1. The van der Waals surface area contributed by atoms with Crippen LogP contribution in [0, 0.1) is 0 Å². The maximum atomic E-state index is 12.0. The van der Waals surface area contributed by atoms with E-state index in [1.54, 1.807) is 7.11 Å². The zero-order valence-electron chi connectivity index (χ0n) is 12.6. The van der Waals surface area contributed by atoms with Crippen molar-refractivity contribution in [3.05, 3.63) is 22.6 Å². The molecule has 0 bridgehead atoms. The molecule has 0 saturated carbocycles. The molecule has 0 saturated heterocycles. The summed E-state index contributed by atoms with van der Waals surface area (Å²) in [5.74, 6) is 2.36. The predicted octanol–water partition coefficient (Wildman–Crippen LogP) is 2.40. The van der Waals surface area contributed by atoms with Gasteiger partial charge < -0.3 is 24.8 Å². The predicted molar refractivity (Wildman–Crippen MR) is 85.9 cm³/mol. The molecule has 8 heteroatoms. The van der Waals surface area contributed by atoms with Crippen molar-refractivity contribution in [1.29, 1.82) is 0 Å². The van der Waals surface area contributed by atoms with Gasteiger partial charge in [-0.1, -0.05) is 11.3 Å². The molecule has 2 aliphatic heterocycles. The summed E-state index contributed by atoms with van der Waals surface area (Å²) in [7, 11) is 3.40. The molecule has 1 aromatic heterocycles. The van der Waals surface area contributed by atoms with Crippen LogP contribution in [0.15, 0.2) is 12.1 Å². The Morgan fingerprint density at radius 1 is 1.43 bits per heavy atom. The summed E-state index contributed by atoms with van der Waals surface area (Å²) in [5.41, 5.74) is 0.952. The van der Waals surface area contributed by atoms with Crippen LogP contribution in [0.4, 0.5) is 10.9 Å². The Hall–Kier alpha value is -2.48. The van der Waals surface area contributed by atoms with Gasteiger partial charge in [0, 0.05) is 19.4 Å². The summed E-state index contributed by atoms with van der Waals surface area (Å²) in [6.07, 6.45) is 0.362. The quantitative estimate of drug-likeness (QED) is 0.898. The topological polar surface area (TPSA) is 81.7 Å². The third-order valence-electron chi connectivity index (χ3n) is 3.91. The van der Waals surface area contributed by atoms with E-state index < -0.39 is 0 Å².